The molecule has 0 atom stereocenters. The summed E-state index contributed by atoms with van der Waals surface area (Å²) in [6.45, 7) is 2.30. The highest BCUT2D eigenvalue weighted by Crippen LogP contribution is 2.25. The number of nitrogens with one attached hydrogen (secondary N) is 1. The van der Waals surface area contributed by atoms with Crippen molar-refractivity contribution in [1.29, 1.82) is 0 Å². The van der Waals surface area contributed by atoms with Gasteiger partial charge in [0.05, 0.1) is 24.9 Å². The summed E-state index contributed by atoms with van der Waals surface area (Å²) in [6, 6.07) is 13.1. The molecular weight excluding hydrogens is 454 g/mol. The number of unbranched alkanes of at least 4 members (excludes halogenated alkanes) is 1. The molecule has 0 bridgehead atoms. The second kappa shape index (κ2) is 10.3. The van der Waals surface area contributed by atoms with Crippen molar-refractivity contribution < 1.29 is 9.21 Å². The van der Waals surface area contributed by atoms with Crippen LogP contribution in [0.2, 0.25) is 0 Å². The van der Waals surface area contributed by atoms with Gasteiger partial charge in [-0.3, -0.25) is 24.0 Å². The monoisotopic (exact) mass is 479 g/mol. The fourth-order valence-electron chi connectivity index (χ4n) is 3.58. The average Bonchev–Trinajstić information content (AvgIpc) is 3.51. The summed E-state index contributed by atoms with van der Waals surface area (Å²) < 4.78 is 6.71. The maximum absolute atomic E-state index is 13.5. The van der Waals surface area contributed by atoms with Gasteiger partial charge in [-0.15, -0.1) is 11.3 Å². The molecule has 34 heavy (non-hydrogen) atoms. The number of nitrogens with two attached hydrogens (primary N) is 1. The number of H-pyrrole nitrogens is 1. The highest BCUT2D eigenvalue weighted by Gasteiger charge is 2.26. The van der Waals surface area contributed by atoms with E-state index in [4.69, 9.17) is 10.2 Å². The van der Waals surface area contributed by atoms with Crippen LogP contribution < -0.4 is 21.9 Å². The Morgan fingerprint density at radius 2 is 2.00 bits per heavy atom. The standard InChI is InChI=1S/C24H25N5O4S/c1-2-3-11-28-21(25)20(22(31)27-24(28)32)29(14-18-10-7-12-33-18)19(30)13-17-15-34-23(26-17)16-8-5-4-6-9-16/h4-10,12,15H,2-3,11,13-14,25H2,1H3,(H,27,31,32). The fraction of sp³-hybridized carbons (Fsp3) is 0.250. The molecule has 9 nitrogen and oxygen atoms in total. The van der Waals surface area contributed by atoms with E-state index < -0.39 is 11.2 Å². The normalized spacial score (nSPS) is 11.0. The lowest BCUT2D eigenvalue weighted by molar-refractivity contribution is -0.118. The molecule has 176 valence electrons. The highest BCUT2D eigenvalue weighted by molar-refractivity contribution is 7.13. The molecule has 10 heteroatoms. The predicted octanol–water partition coefficient (Wildman–Crippen LogP) is 3.41. The Bertz CT molecular complexity index is 1370. The Labute approximate surface area is 199 Å². The predicted molar refractivity (Wildman–Crippen MR) is 132 cm³/mol. The third-order valence-electron chi connectivity index (χ3n) is 5.32. The highest BCUT2D eigenvalue weighted by atomic mass is 32.1. The Balaban J connectivity index is 1.69. The molecule has 1 aromatic carbocycles. The lowest BCUT2D eigenvalue weighted by atomic mass is 10.2. The van der Waals surface area contributed by atoms with Crippen LogP contribution in [0.5, 0.6) is 0 Å². The Hall–Kier alpha value is -3.92. The number of furan rings is 1. The largest absolute Gasteiger partial charge is 0.467 e. The van der Waals surface area contributed by atoms with E-state index in [1.807, 2.05) is 42.6 Å². The molecule has 0 fully saturated rings. The molecule has 1 amide bonds. The van der Waals surface area contributed by atoms with Gasteiger partial charge < -0.3 is 10.2 Å². The number of hydrogen-bond donors (Lipinski definition) is 2. The summed E-state index contributed by atoms with van der Waals surface area (Å²) in [5.74, 6) is 0.0336. The van der Waals surface area contributed by atoms with E-state index >= 15 is 0 Å². The number of nitrogens with zero attached hydrogens (tertiary/aromatic N) is 3. The lowest BCUT2D eigenvalue weighted by Gasteiger charge is -2.23. The zero-order valence-electron chi connectivity index (χ0n) is 18.7. The Morgan fingerprint density at radius 1 is 1.21 bits per heavy atom. The van der Waals surface area contributed by atoms with Crippen molar-refractivity contribution in [2.45, 2.75) is 39.3 Å². The van der Waals surface area contributed by atoms with Gasteiger partial charge in [-0.25, -0.2) is 9.78 Å². The van der Waals surface area contributed by atoms with Crippen LogP contribution >= 0.6 is 11.3 Å². The van der Waals surface area contributed by atoms with Gasteiger partial charge in [0.1, 0.15) is 16.6 Å². The number of benzene rings is 1. The Kier molecular flexibility index (Phi) is 7.07. The van der Waals surface area contributed by atoms with Crippen LogP contribution in [0.4, 0.5) is 11.5 Å². The smallest absolute Gasteiger partial charge is 0.330 e. The summed E-state index contributed by atoms with van der Waals surface area (Å²) in [5, 5.41) is 2.62. The molecule has 0 aliphatic carbocycles. The zero-order chi connectivity index (χ0) is 24.1. The number of rotatable bonds is 9. The third-order valence-corrected chi connectivity index (χ3v) is 6.26. The van der Waals surface area contributed by atoms with E-state index in [1.54, 1.807) is 12.1 Å². The number of nitrogen functional groups attached to an aromatic ring is 1. The Morgan fingerprint density at radius 3 is 2.71 bits per heavy atom. The maximum Gasteiger partial charge on any atom is 0.330 e. The van der Waals surface area contributed by atoms with Gasteiger partial charge in [0.15, 0.2) is 5.69 Å². The topological polar surface area (TPSA) is 127 Å². The number of carbonyl (C=O) groups is 1. The lowest BCUT2D eigenvalue weighted by Crippen LogP contribution is -2.41. The quantitative estimate of drug-likeness (QED) is 0.379. The van der Waals surface area contributed by atoms with Crippen molar-refractivity contribution in [3.05, 3.63) is 86.4 Å². The molecule has 0 aliphatic rings. The van der Waals surface area contributed by atoms with Crippen LogP contribution in [0.3, 0.4) is 0 Å². The first kappa shape index (κ1) is 23.2. The molecule has 4 aromatic rings. The van der Waals surface area contributed by atoms with Crippen LogP contribution in [-0.2, 0) is 24.3 Å². The third kappa shape index (κ3) is 5.01. The molecule has 0 spiro atoms. The number of carbonyl (C=O) groups excluding carboxylic acids is 1. The summed E-state index contributed by atoms with van der Waals surface area (Å²) in [5.41, 5.74) is 6.41. The number of amides is 1. The molecule has 0 radical (unpaired) electrons. The summed E-state index contributed by atoms with van der Waals surface area (Å²) in [7, 11) is 0. The molecule has 0 saturated heterocycles. The van der Waals surface area contributed by atoms with E-state index in [0.717, 1.165) is 17.0 Å². The molecule has 0 unspecified atom stereocenters. The average molecular weight is 480 g/mol. The van der Waals surface area contributed by atoms with Crippen molar-refractivity contribution in [2.75, 3.05) is 10.6 Å². The molecular formula is C24H25N5O4S. The molecule has 4 rings (SSSR count). The first-order valence-corrected chi connectivity index (χ1v) is 11.8. The first-order chi connectivity index (χ1) is 16.5. The number of anilines is 2. The molecule has 0 saturated carbocycles. The van der Waals surface area contributed by atoms with Crippen molar-refractivity contribution in [3.63, 3.8) is 0 Å². The summed E-state index contributed by atoms with van der Waals surface area (Å²) >= 11 is 1.44. The fourth-order valence-corrected chi connectivity index (χ4v) is 4.40. The van der Waals surface area contributed by atoms with Crippen LogP contribution in [0.1, 0.15) is 31.2 Å². The van der Waals surface area contributed by atoms with Gasteiger partial charge in [0.2, 0.25) is 5.91 Å². The summed E-state index contributed by atoms with van der Waals surface area (Å²) in [6.07, 6.45) is 2.98. The number of thiazole rings is 1. The summed E-state index contributed by atoms with van der Waals surface area (Å²) in [4.78, 5) is 46.8. The van der Waals surface area contributed by atoms with Crippen LogP contribution in [-0.4, -0.2) is 20.4 Å². The van der Waals surface area contributed by atoms with Crippen molar-refractivity contribution in [3.8, 4) is 10.6 Å². The van der Waals surface area contributed by atoms with Crippen molar-refractivity contribution >= 4 is 28.7 Å². The molecule has 3 aromatic heterocycles. The van der Waals surface area contributed by atoms with Crippen LogP contribution in [0.25, 0.3) is 10.6 Å². The minimum absolute atomic E-state index is 0.0131. The van der Waals surface area contributed by atoms with E-state index in [1.165, 1.54) is 27.1 Å². The van der Waals surface area contributed by atoms with E-state index in [2.05, 4.69) is 9.97 Å². The molecule has 0 aliphatic heterocycles. The second-order valence-electron chi connectivity index (χ2n) is 7.74. The van der Waals surface area contributed by atoms with Gasteiger partial charge in [-0.2, -0.15) is 0 Å². The maximum atomic E-state index is 13.5. The minimum Gasteiger partial charge on any atom is -0.467 e. The van der Waals surface area contributed by atoms with Gasteiger partial charge in [-0.1, -0.05) is 43.7 Å². The first-order valence-electron chi connectivity index (χ1n) is 10.9. The van der Waals surface area contributed by atoms with E-state index in [-0.39, 0.29) is 30.4 Å². The van der Waals surface area contributed by atoms with Gasteiger partial charge in [-0.05, 0) is 18.6 Å². The van der Waals surface area contributed by atoms with Crippen molar-refractivity contribution in [1.82, 2.24) is 14.5 Å². The number of aromatic nitrogens is 3. The molecule has 3 N–H and O–H groups in total. The number of aromatic amines is 1. The number of hydrogen-bond acceptors (Lipinski definition) is 7. The van der Waals surface area contributed by atoms with E-state index in [0.29, 0.717) is 24.4 Å². The van der Waals surface area contributed by atoms with Gasteiger partial charge >= 0.3 is 5.69 Å². The van der Waals surface area contributed by atoms with Gasteiger partial charge in [0, 0.05) is 17.5 Å². The second-order valence-corrected chi connectivity index (χ2v) is 8.60. The minimum atomic E-state index is -0.724. The van der Waals surface area contributed by atoms with E-state index in [9.17, 15) is 14.4 Å². The van der Waals surface area contributed by atoms with Crippen LogP contribution in [0, 0.1) is 0 Å². The van der Waals surface area contributed by atoms with Gasteiger partial charge in [0.25, 0.3) is 5.56 Å². The van der Waals surface area contributed by atoms with Crippen molar-refractivity contribution in [2.24, 2.45) is 0 Å². The zero-order valence-corrected chi connectivity index (χ0v) is 19.5. The SMILES string of the molecule is CCCCn1c(N)c(N(Cc2ccco2)C(=O)Cc2csc(-c3ccccc3)n2)c(=O)[nH]c1=O. The molecule has 3 heterocycles. The van der Waals surface area contributed by atoms with Crippen LogP contribution in [0.15, 0.2) is 68.1 Å².